The molecule has 7 nitrogen and oxygen atoms in total. The summed E-state index contributed by atoms with van der Waals surface area (Å²) in [6, 6.07) is 8.61. The number of carboxylic acid groups (broad SMARTS) is 1. The highest BCUT2D eigenvalue weighted by molar-refractivity contribution is 5.78. The number of nitrogens with one attached hydrogen (secondary N) is 1. The number of hydrogen-bond acceptors (Lipinski definition) is 5. The molecule has 0 saturated heterocycles. The first-order valence-corrected chi connectivity index (χ1v) is 7.92. The molecule has 1 aromatic carbocycles. The van der Waals surface area contributed by atoms with Crippen LogP contribution in [0.5, 0.6) is 0 Å². The van der Waals surface area contributed by atoms with E-state index in [1.54, 1.807) is 0 Å². The number of benzene rings is 1. The first-order chi connectivity index (χ1) is 11.3. The maximum Gasteiger partial charge on any atom is 0.335 e. The van der Waals surface area contributed by atoms with Gasteiger partial charge in [-0.2, -0.15) is 0 Å². The predicted molar refractivity (Wildman–Crippen MR) is 87.0 cm³/mol. The van der Waals surface area contributed by atoms with Gasteiger partial charge in [-0.1, -0.05) is 30.3 Å². The summed E-state index contributed by atoms with van der Waals surface area (Å²) in [5.41, 5.74) is 5.17. The maximum atomic E-state index is 11.5. The number of nitrogens with two attached hydrogens (primary N) is 1. The van der Waals surface area contributed by atoms with Gasteiger partial charge in [0.1, 0.15) is 0 Å². The van der Waals surface area contributed by atoms with Crippen molar-refractivity contribution in [2.75, 3.05) is 6.61 Å². The molecule has 0 aromatic heterocycles. The number of hydrogen-bond donors (Lipinski definition) is 4. The minimum absolute atomic E-state index is 0.0108. The van der Waals surface area contributed by atoms with Crippen LogP contribution in [0.15, 0.2) is 30.3 Å². The van der Waals surface area contributed by atoms with Gasteiger partial charge in [0.25, 0.3) is 0 Å². The molecule has 1 fully saturated rings. The average molecular weight is 336 g/mol. The molecule has 5 N–H and O–H groups in total. The Bertz CT molecular complexity index is 580. The van der Waals surface area contributed by atoms with Crippen LogP contribution in [0.3, 0.4) is 0 Å². The second-order valence-corrected chi connectivity index (χ2v) is 6.38. The number of carbonyl (C=O) groups is 2. The Kier molecular flexibility index (Phi) is 5.93. The lowest BCUT2D eigenvalue weighted by atomic mass is 9.93. The molecule has 0 heterocycles. The molecule has 1 aliphatic rings. The molecule has 7 heteroatoms. The lowest BCUT2D eigenvalue weighted by Gasteiger charge is -2.27. The summed E-state index contributed by atoms with van der Waals surface area (Å²) in [5.74, 6) is -1.90. The van der Waals surface area contributed by atoms with Crippen LogP contribution in [0.25, 0.3) is 0 Å². The Morgan fingerprint density at radius 3 is 2.58 bits per heavy atom. The Morgan fingerprint density at radius 1 is 1.38 bits per heavy atom. The molecule has 1 unspecified atom stereocenters. The highest BCUT2D eigenvalue weighted by atomic mass is 16.5. The van der Waals surface area contributed by atoms with Crippen molar-refractivity contribution in [3.8, 4) is 0 Å². The Labute approximate surface area is 140 Å². The largest absolute Gasteiger partial charge is 0.479 e. The summed E-state index contributed by atoms with van der Waals surface area (Å²) >= 11 is 0. The first kappa shape index (κ1) is 18.4. The quantitative estimate of drug-likeness (QED) is 0.567. The van der Waals surface area contributed by atoms with Crippen molar-refractivity contribution in [3.63, 3.8) is 0 Å². The SMILES string of the molecule is CC(=O)NC(COCc1ccccc1)[C@H]1C[C@@](O)(C(=O)O)C[C@@H]1N. The fraction of sp³-hybridized carbons (Fsp3) is 0.529. The van der Waals surface area contributed by atoms with E-state index in [0.717, 1.165) is 5.56 Å². The molecule has 24 heavy (non-hydrogen) atoms. The normalized spacial score (nSPS) is 27.6. The molecule has 132 valence electrons. The predicted octanol–water partition coefficient (Wildman–Crippen LogP) is 0.261. The molecule has 1 aromatic rings. The molecule has 1 saturated carbocycles. The van der Waals surface area contributed by atoms with E-state index in [0.29, 0.717) is 6.61 Å². The molecule has 1 aliphatic carbocycles. The smallest absolute Gasteiger partial charge is 0.335 e. The summed E-state index contributed by atoms with van der Waals surface area (Å²) in [6.45, 7) is 1.96. The van der Waals surface area contributed by atoms with E-state index in [-0.39, 0.29) is 31.3 Å². The van der Waals surface area contributed by atoms with Gasteiger partial charge in [-0.3, -0.25) is 4.79 Å². The number of aliphatic carboxylic acids is 1. The third-order valence-corrected chi connectivity index (χ3v) is 4.41. The molecular weight excluding hydrogens is 312 g/mol. The van der Waals surface area contributed by atoms with E-state index in [4.69, 9.17) is 10.5 Å². The van der Waals surface area contributed by atoms with Gasteiger partial charge in [0.2, 0.25) is 5.91 Å². The Morgan fingerprint density at radius 2 is 2.04 bits per heavy atom. The zero-order valence-electron chi connectivity index (χ0n) is 13.6. The van der Waals surface area contributed by atoms with E-state index < -0.39 is 23.7 Å². The zero-order chi connectivity index (χ0) is 17.7. The molecule has 1 amide bonds. The van der Waals surface area contributed by atoms with Gasteiger partial charge in [-0.05, 0) is 17.9 Å². The Hall–Kier alpha value is -1.96. The van der Waals surface area contributed by atoms with Crippen LogP contribution < -0.4 is 11.1 Å². The van der Waals surface area contributed by atoms with Crippen molar-refractivity contribution < 1.29 is 24.5 Å². The topological polar surface area (TPSA) is 122 Å². The molecule has 0 radical (unpaired) electrons. The van der Waals surface area contributed by atoms with Gasteiger partial charge >= 0.3 is 5.97 Å². The number of rotatable bonds is 7. The molecule has 0 bridgehead atoms. The summed E-state index contributed by atoms with van der Waals surface area (Å²) in [6.07, 6.45) is -0.0507. The molecule has 0 spiro atoms. The minimum Gasteiger partial charge on any atom is -0.479 e. The van der Waals surface area contributed by atoms with E-state index in [1.165, 1.54) is 6.92 Å². The van der Waals surface area contributed by atoms with E-state index >= 15 is 0 Å². The third-order valence-electron chi connectivity index (χ3n) is 4.41. The summed E-state index contributed by atoms with van der Waals surface area (Å²) < 4.78 is 5.67. The summed E-state index contributed by atoms with van der Waals surface area (Å²) in [4.78, 5) is 22.7. The van der Waals surface area contributed by atoms with Gasteiger partial charge in [0.05, 0.1) is 19.3 Å². The number of ether oxygens (including phenoxy) is 1. The number of carbonyl (C=O) groups excluding carboxylic acids is 1. The third kappa shape index (κ3) is 4.53. The van der Waals surface area contributed by atoms with Crippen LogP contribution >= 0.6 is 0 Å². The highest BCUT2D eigenvalue weighted by Crippen LogP contribution is 2.36. The zero-order valence-corrected chi connectivity index (χ0v) is 13.6. The highest BCUT2D eigenvalue weighted by Gasteiger charge is 2.50. The maximum absolute atomic E-state index is 11.5. The van der Waals surface area contributed by atoms with Crippen molar-refractivity contribution in [1.82, 2.24) is 5.32 Å². The van der Waals surface area contributed by atoms with Crippen LogP contribution in [0, 0.1) is 5.92 Å². The van der Waals surface area contributed by atoms with E-state index in [1.807, 2.05) is 30.3 Å². The number of aliphatic hydroxyl groups is 1. The van der Waals surface area contributed by atoms with Gasteiger partial charge in [0, 0.05) is 19.4 Å². The second-order valence-electron chi connectivity index (χ2n) is 6.38. The summed E-state index contributed by atoms with van der Waals surface area (Å²) in [5, 5.41) is 22.1. The van der Waals surface area contributed by atoms with Crippen LogP contribution in [-0.2, 0) is 20.9 Å². The molecule has 4 atom stereocenters. The Balaban J connectivity index is 2.00. The number of carboxylic acids is 1. The van der Waals surface area contributed by atoms with Gasteiger partial charge in [-0.25, -0.2) is 4.79 Å². The van der Waals surface area contributed by atoms with Crippen molar-refractivity contribution in [2.45, 2.75) is 44.1 Å². The fourth-order valence-electron chi connectivity index (χ4n) is 3.19. The van der Waals surface area contributed by atoms with Crippen molar-refractivity contribution >= 4 is 11.9 Å². The minimum atomic E-state index is -1.85. The lowest BCUT2D eigenvalue weighted by molar-refractivity contribution is -0.158. The molecule has 2 rings (SSSR count). The summed E-state index contributed by atoms with van der Waals surface area (Å²) in [7, 11) is 0. The van der Waals surface area contributed by atoms with Crippen molar-refractivity contribution in [2.24, 2.45) is 11.7 Å². The van der Waals surface area contributed by atoms with Gasteiger partial charge in [-0.15, -0.1) is 0 Å². The van der Waals surface area contributed by atoms with Crippen LogP contribution in [-0.4, -0.2) is 46.4 Å². The standard InChI is InChI=1S/C17H24N2O5/c1-11(20)19-15(10-24-9-12-5-3-2-4-6-12)13-7-17(23,16(21)22)8-14(13)18/h2-6,13-15,23H,7-10,18H2,1H3,(H,19,20)(H,21,22)/t13-,14-,15?,17-/m0/s1. The van der Waals surface area contributed by atoms with Crippen molar-refractivity contribution in [3.05, 3.63) is 35.9 Å². The van der Waals surface area contributed by atoms with Crippen molar-refractivity contribution in [1.29, 1.82) is 0 Å². The monoisotopic (exact) mass is 336 g/mol. The number of amides is 1. The molecular formula is C17H24N2O5. The van der Waals surface area contributed by atoms with E-state index in [2.05, 4.69) is 5.32 Å². The second kappa shape index (κ2) is 7.74. The van der Waals surface area contributed by atoms with E-state index in [9.17, 15) is 19.8 Å². The van der Waals surface area contributed by atoms with Gasteiger partial charge in [0.15, 0.2) is 5.60 Å². The van der Waals surface area contributed by atoms with Crippen LogP contribution in [0.1, 0.15) is 25.3 Å². The first-order valence-electron chi connectivity index (χ1n) is 7.92. The molecule has 0 aliphatic heterocycles. The van der Waals surface area contributed by atoms with Crippen LogP contribution in [0.2, 0.25) is 0 Å². The fourth-order valence-corrected chi connectivity index (χ4v) is 3.19. The van der Waals surface area contributed by atoms with Crippen LogP contribution in [0.4, 0.5) is 0 Å². The average Bonchev–Trinajstić information content (AvgIpc) is 2.83. The lowest BCUT2D eigenvalue weighted by Crippen LogP contribution is -2.47. The van der Waals surface area contributed by atoms with Gasteiger partial charge < -0.3 is 26.0 Å².